The number of hydrogen-bond acceptors (Lipinski definition) is 2. The summed E-state index contributed by atoms with van der Waals surface area (Å²) < 4.78 is 0. The van der Waals surface area contributed by atoms with Crippen LogP contribution in [0.4, 0.5) is 5.69 Å². The number of carbonyl (C=O) groups is 1. The molecule has 2 aromatic rings. The minimum absolute atomic E-state index is 0.0150. The zero-order chi connectivity index (χ0) is 16.7. The van der Waals surface area contributed by atoms with Gasteiger partial charge in [0, 0.05) is 12.2 Å². The van der Waals surface area contributed by atoms with Gasteiger partial charge in [-0.3, -0.25) is 4.79 Å². The molecular weight excluding hydrogens is 284 g/mol. The molecule has 0 spiro atoms. The summed E-state index contributed by atoms with van der Waals surface area (Å²) in [4.78, 5) is 12.1. The van der Waals surface area contributed by atoms with Gasteiger partial charge in [0.2, 0.25) is 5.91 Å². The van der Waals surface area contributed by atoms with Crippen molar-refractivity contribution in [3.8, 4) is 0 Å². The molecule has 0 atom stereocenters. The fraction of sp³-hybridized carbons (Fsp3) is 0.350. The van der Waals surface area contributed by atoms with Crippen molar-refractivity contribution in [1.82, 2.24) is 5.32 Å². The van der Waals surface area contributed by atoms with Crippen molar-refractivity contribution in [2.24, 2.45) is 0 Å². The average Bonchev–Trinajstić information content (AvgIpc) is 2.58. The van der Waals surface area contributed by atoms with Gasteiger partial charge in [0.15, 0.2) is 0 Å². The number of hydrogen-bond donors (Lipinski definition) is 2. The quantitative estimate of drug-likeness (QED) is 0.815. The first-order chi connectivity index (χ1) is 11.2. The second kappa shape index (κ2) is 8.37. The molecule has 3 heteroatoms. The number of nitrogens with one attached hydrogen (secondary N) is 2. The number of aryl methyl sites for hydroxylation is 3. The van der Waals surface area contributed by atoms with E-state index in [2.05, 4.69) is 55.7 Å². The summed E-state index contributed by atoms with van der Waals surface area (Å²) in [5.74, 6) is 0.0150. The molecule has 0 aliphatic heterocycles. The minimum Gasteiger partial charge on any atom is -0.376 e. The third-order valence-electron chi connectivity index (χ3n) is 4.16. The maximum absolute atomic E-state index is 12.1. The van der Waals surface area contributed by atoms with Crippen LogP contribution < -0.4 is 10.6 Å². The van der Waals surface area contributed by atoms with Crippen LogP contribution >= 0.6 is 0 Å². The van der Waals surface area contributed by atoms with E-state index in [1.165, 1.54) is 16.7 Å². The molecule has 0 fully saturated rings. The SMILES string of the molecule is CCc1cccc(CC)c1NCC(=O)NCc1ccccc1C. The molecule has 0 bridgehead atoms. The van der Waals surface area contributed by atoms with E-state index >= 15 is 0 Å². The van der Waals surface area contributed by atoms with E-state index in [1.807, 2.05) is 18.2 Å². The predicted molar refractivity (Wildman–Crippen MR) is 96.7 cm³/mol. The average molecular weight is 310 g/mol. The second-order valence-corrected chi connectivity index (χ2v) is 5.72. The maximum atomic E-state index is 12.1. The molecule has 1 amide bonds. The molecule has 2 rings (SSSR count). The molecule has 0 aromatic heterocycles. The van der Waals surface area contributed by atoms with Crippen molar-refractivity contribution in [2.45, 2.75) is 40.2 Å². The Balaban J connectivity index is 1.93. The lowest BCUT2D eigenvalue weighted by Crippen LogP contribution is -2.30. The van der Waals surface area contributed by atoms with Gasteiger partial charge in [-0.15, -0.1) is 0 Å². The van der Waals surface area contributed by atoms with Crippen LogP contribution in [0.3, 0.4) is 0 Å². The Bertz CT molecular complexity index is 642. The Labute approximate surface area is 139 Å². The number of para-hydroxylation sites is 1. The highest BCUT2D eigenvalue weighted by Crippen LogP contribution is 2.22. The minimum atomic E-state index is 0.0150. The molecule has 2 N–H and O–H groups in total. The van der Waals surface area contributed by atoms with Crippen LogP contribution in [0, 0.1) is 6.92 Å². The molecule has 122 valence electrons. The van der Waals surface area contributed by atoms with Crippen molar-refractivity contribution in [3.05, 3.63) is 64.7 Å². The lowest BCUT2D eigenvalue weighted by atomic mass is 10.0. The van der Waals surface area contributed by atoms with Crippen molar-refractivity contribution in [1.29, 1.82) is 0 Å². The predicted octanol–water partition coefficient (Wildman–Crippen LogP) is 3.85. The molecule has 0 aliphatic carbocycles. The van der Waals surface area contributed by atoms with E-state index in [0.29, 0.717) is 13.1 Å². The fourth-order valence-corrected chi connectivity index (χ4v) is 2.70. The third-order valence-corrected chi connectivity index (χ3v) is 4.16. The first kappa shape index (κ1) is 17.1. The summed E-state index contributed by atoms with van der Waals surface area (Å²) in [6.07, 6.45) is 1.92. The Hall–Kier alpha value is -2.29. The molecule has 0 heterocycles. The normalized spacial score (nSPS) is 10.4. The lowest BCUT2D eigenvalue weighted by Gasteiger charge is -2.15. The van der Waals surface area contributed by atoms with E-state index in [9.17, 15) is 4.79 Å². The van der Waals surface area contributed by atoms with E-state index in [4.69, 9.17) is 0 Å². The maximum Gasteiger partial charge on any atom is 0.239 e. The smallest absolute Gasteiger partial charge is 0.239 e. The van der Waals surface area contributed by atoms with E-state index in [-0.39, 0.29) is 5.91 Å². The van der Waals surface area contributed by atoms with Gasteiger partial charge in [-0.05, 0) is 42.0 Å². The largest absolute Gasteiger partial charge is 0.376 e. The molecule has 23 heavy (non-hydrogen) atoms. The molecule has 0 aliphatic rings. The molecular formula is C20H26N2O. The first-order valence-corrected chi connectivity index (χ1v) is 8.31. The van der Waals surface area contributed by atoms with Crippen LogP contribution in [-0.4, -0.2) is 12.5 Å². The van der Waals surface area contributed by atoms with Crippen LogP contribution in [0.5, 0.6) is 0 Å². The lowest BCUT2D eigenvalue weighted by molar-refractivity contribution is -0.119. The Morgan fingerprint density at radius 1 is 0.913 bits per heavy atom. The van der Waals surface area contributed by atoms with E-state index in [1.54, 1.807) is 0 Å². The summed E-state index contributed by atoms with van der Waals surface area (Å²) in [7, 11) is 0. The molecule has 0 unspecified atom stereocenters. The van der Waals surface area contributed by atoms with Gasteiger partial charge in [0.05, 0.1) is 6.54 Å². The zero-order valence-electron chi connectivity index (χ0n) is 14.3. The number of rotatable bonds is 7. The van der Waals surface area contributed by atoms with Crippen molar-refractivity contribution in [3.63, 3.8) is 0 Å². The van der Waals surface area contributed by atoms with Gasteiger partial charge >= 0.3 is 0 Å². The van der Waals surface area contributed by atoms with Gasteiger partial charge < -0.3 is 10.6 Å². The highest BCUT2D eigenvalue weighted by Gasteiger charge is 2.08. The fourth-order valence-electron chi connectivity index (χ4n) is 2.70. The van der Waals surface area contributed by atoms with Crippen molar-refractivity contribution in [2.75, 3.05) is 11.9 Å². The Kier molecular flexibility index (Phi) is 6.21. The number of benzene rings is 2. The van der Waals surface area contributed by atoms with Crippen LogP contribution in [0.15, 0.2) is 42.5 Å². The zero-order valence-corrected chi connectivity index (χ0v) is 14.3. The summed E-state index contributed by atoms with van der Waals surface area (Å²) in [5.41, 5.74) is 5.99. The molecule has 0 saturated carbocycles. The second-order valence-electron chi connectivity index (χ2n) is 5.72. The van der Waals surface area contributed by atoms with Gasteiger partial charge in [-0.2, -0.15) is 0 Å². The van der Waals surface area contributed by atoms with Crippen LogP contribution in [0.1, 0.15) is 36.1 Å². The number of anilines is 1. The Morgan fingerprint density at radius 3 is 2.13 bits per heavy atom. The number of amides is 1. The number of carbonyl (C=O) groups excluding carboxylic acids is 1. The summed E-state index contributed by atoms with van der Waals surface area (Å²) in [6, 6.07) is 14.4. The monoisotopic (exact) mass is 310 g/mol. The van der Waals surface area contributed by atoms with Crippen LogP contribution in [-0.2, 0) is 24.2 Å². The summed E-state index contributed by atoms with van der Waals surface area (Å²) in [5, 5.41) is 6.31. The molecule has 0 saturated heterocycles. The van der Waals surface area contributed by atoms with Gasteiger partial charge in [-0.1, -0.05) is 56.3 Å². The molecule has 2 aromatic carbocycles. The Morgan fingerprint density at radius 2 is 1.52 bits per heavy atom. The highest BCUT2D eigenvalue weighted by molar-refractivity contribution is 5.81. The van der Waals surface area contributed by atoms with E-state index in [0.717, 1.165) is 24.1 Å². The molecule has 0 radical (unpaired) electrons. The van der Waals surface area contributed by atoms with Gasteiger partial charge in [-0.25, -0.2) is 0 Å². The molecule has 3 nitrogen and oxygen atoms in total. The van der Waals surface area contributed by atoms with Gasteiger partial charge in [0.25, 0.3) is 0 Å². The third kappa shape index (κ3) is 4.59. The first-order valence-electron chi connectivity index (χ1n) is 8.31. The van der Waals surface area contributed by atoms with Crippen LogP contribution in [0.25, 0.3) is 0 Å². The summed E-state index contributed by atoms with van der Waals surface area (Å²) in [6.45, 7) is 7.21. The van der Waals surface area contributed by atoms with Crippen LogP contribution in [0.2, 0.25) is 0 Å². The summed E-state index contributed by atoms with van der Waals surface area (Å²) >= 11 is 0. The van der Waals surface area contributed by atoms with E-state index < -0.39 is 0 Å². The van der Waals surface area contributed by atoms with Crippen molar-refractivity contribution >= 4 is 11.6 Å². The van der Waals surface area contributed by atoms with Gasteiger partial charge in [0.1, 0.15) is 0 Å². The van der Waals surface area contributed by atoms with Crippen molar-refractivity contribution < 1.29 is 4.79 Å². The standard InChI is InChI=1S/C20H26N2O/c1-4-16-11-8-12-17(5-2)20(16)22-14-19(23)21-13-18-10-7-6-9-15(18)3/h6-12,22H,4-5,13-14H2,1-3H3,(H,21,23). The topological polar surface area (TPSA) is 41.1 Å². The highest BCUT2D eigenvalue weighted by atomic mass is 16.1.